The summed E-state index contributed by atoms with van der Waals surface area (Å²) in [6.45, 7) is 3.94. The summed E-state index contributed by atoms with van der Waals surface area (Å²) in [5, 5.41) is 0. The fraction of sp³-hybridized carbons (Fsp3) is 0.143. The zero-order valence-corrected chi connectivity index (χ0v) is 11.7. The van der Waals surface area contributed by atoms with Crippen LogP contribution in [0.3, 0.4) is 0 Å². The van der Waals surface area contributed by atoms with Gasteiger partial charge in [-0.15, -0.1) is 0 Å². The summed E-state index contributed by atoms with van der Waals surface area (Å²) < 4.78 is 20.0. The van der Waals surface area contributed by atoms with E-state index in [1.165, 1.54) is 6.07 Å². The number of nitrogens with two attached hydrogens (primary N) is 1. The number of benzene rings is 2. The Hall–Kier alpha value is -1.55. The van der Waals surface area contributed by atoms with Crippen molar-refractivity contribution >= 4 is 21.6 Å². The topological polar surface area (TPSA) is 35.2 Å². The highest BCUT2D eigenvalue weighted by atomic mass is 79.9. The molecule has 0 aliphatic rings. The van der Waals surface area contributed by atoms with Gasteiger partial charge in [-0.05, 0) is 49.2 Å². The Morgan fingerprint density at radius 2 is 1.78 bits per heavy atom. The van der Waals surface area contributed by atoms with Crippen LogP contribution in [0.25, 0.3) is 0 Å². The van der Waals surface area contributed by atoms with Gasteiger partial charge in [-0.3, -0.25) is 0 Å². The zero-order chi connectivity index (χ0) is 13.3. The van der Waals surface area contributed by atoms with Crippen LogP contribution in [0.4, 0.5) is 10.1 Å². The number of para-hydroxylation sites is 1. The van der Waals surface area contributed by atoms with Crippen molar-refractivity contribution in [3.05, 3.63) is 51.7 Å². The first-order valence-electron chi connectivity index (χ1n) is 5.47. The molecule has 0 heterocycles. The minimum atomic E-state index is -0.474. The molecule has 0 fully saturated rings. The Labute approximate surface area is 114 Å². The number of ether oxygens (including phenoxy) is 1. The lowest BCUT2D eigenvalue weighted by Crippen LogP contribution is -1.96. The molecule has 18 heavy (non-hydrogen) atoms. The second-order valence-corrected chi connectivity index (χ2v) is 4.92. The van der Waals surface area contributed by atoms with E-state index in [1.54, 1.807) is 12.1 Å². The van der Waals surface area contributed by atoms with Gasteiger partial charge in [0.05, 0.1) is 0 Å². The molecule has 0 aromatic heterocycles. The smallest absolute Gasteiger partial charge is 0.153 e. The van der Waals surface area contributed by atoms with Crippen LogP contribution in [0.5, 0.6) is 11.5 Å². The first-order chi connectivity index (χ1) is 8.49. The van der Waals surface area contributed by atoms with Crippen molar-refractivity contribution in [3.63, 3.8) is 0 Å². The highest BCUT2D eigenvalue weighted by Gasteiger charge is 2.08. The van der Waals surface area contributed by atoms with Crippen molar-refractivity contribution in [1.29, 1.82) is 0 Å². The summed E-state index contributed by atoms with van der Waals surface area (Å²) in [5.74, 6) is 0.500. The van der Waals surface area contributed by atoms with E-state index in [-0.39, 0.29) is 5.69 Å². The third-order valence-corrected chi connectivity index (χ3v) is 3.90. The van der Waals surface area contributed by atoms with E-state index < -0.39 is 5.82 Å². The van der Waals surface area contributed by atoms with E-state index in [9.17, 15) is 4.39 Å². The van der Waals surface area contributed by atoms with Gasteiger partial charge >= 0.3 is 0 Å². The maximum absolute atomic E-state index is 13.3. The van der Waals surface area contributed by atoms with Crippen LogP contribution in [0.1, 0.15) is 11.1 Å². The quantitative estimate of drug-likeness (QED) is 0.824. The predicted octanol–water partition coefficient (Wildman–Crippen LogP) is 4.58. The molecule has 0 atom stereocenters. The third-order valence-electron chi connectivity index (χ3n) is 2.65. The maximum atomic E-state index is 13.3. The average molecular weight is 310 g/mol. The Kier molecular flexibility index (Phi) is 3.57. The first-order valence-corrected chi connectivity index (χ1v) is 6.27. The number of hydrogen-bond acceptors (Lipinski definition) is 2. The summed E-state index contributed by atoms with van der Waals surface area (Å²) in [7, 11) is 0. The molecule has 2 N–H and O–H groups in total. The van der Waals surface area contributed by atoms with Crippen LogP contribution in [0.15, 0.2) is 34.8 Å². The molecule has 2 rings (SSSR count). The Balaban J connectivity index is 2.37. The molecule has 94 valence electrons. The lowest BCUT2D eigenvalue weighted by atomic mass is 10.1. The number of rotatable bonds is 2. The molecule has 2 aromatic rings. The van der Waals surface area contributed by atoms with Crippen molar-refractivity contribution in [2.75, 3.05) is 5.73 Å². The molecule has 0 saturated carbocycles. The molecule has 0 radical (unpaired) electrons. The molecule has 4 heteroatoms. The zero-order valence-electron chi connectivity index (χ0n) is 10.1. The van der Waals surface area contributed by atoms with E-state index >= 15 is 0 Å². The molecular weight excluding hydrogens is 297 g/mol. The summed E-state index contributed by atoms with van der Waals surface area (Å²) in [5.41, 5.74) is 7.76. The van der Waals surface area contributed by atoms with Crippen molar-refractivity contribution in [3.8, 4) is 11.5 Å². The predicted molar refractivity (Wildman–Crippen MR) is 74.5 cm³/mol. The molecule has 0 spiro atoms. The normalized spacial score (nSPS) is 10.4. The standard InChI is InChI=1S/C14H13BrFNO/c1-8-6-10(7-9(2)13(8)15)18-12-5-3-4-11(16)14(12)17/h3-7H,17H2,1-2H3. The molecule has 0 amide bonds. The number of halogens is 2. The lowest BCUT2D eigenvalue weighted by Gasteiger charge is -2.11. The minimum Gasteiger partial charge on any atom is -0.455 e. The summed E-state index contributed by atoms with van der Waals surface area (Å²) in [6.07, 6.45) is 0. The van der Waals surface area contributed by atoms with Crippen LogP contribution in [-0.4, -0.2) is 0 Å². The molecule has 2 nitrogen and oxygen atoms in total. The molecular formula is C14H13BrFNO. The summed E-state index contributed by atoms with van der Waals surface area (Å²) >= 11 is 3.48. The van der Waals surface area contributed by atoms with E-state index in [2.05, 4.69) is 15.9 Å². The average Bonchev–Trinajstić information content (AvgIpc) is 2.32. The Bertz CT molecular complexity index is 575. The number of anilines is 1. The highest BCUT2D eigenvalue weighted by molar-refractivity contribution is 9.10. The van der Waals surface area contributed by atoms with Gasteiger partial charge in [0.25, 0.3) is 0 Å². The van der Waals surface area contributed by atoms with Gasteiger partial charge in [-0.25, -0.2) is 4.39 Å². The second kappa shape index (κ2) is 4.98. The van der Waals surface area contributed by atoms with Gasteiger partial charge in [-0.1, -0.05) is 22.0 Å². The number of aryl methyl sites for hydroxylation is 2. The van der Waals surface area contributed by atoms with Gasteiger partial charge < -0.3 is 10.5 Å². The second-order valence-electron chi connectivity index (χ2n) is 4.12. The van der Waals surface area contributed by atoms with E-state index in [4.69, 9.17) is 10.5 Å². The van der Waals surface area contributed by atoms with Crippen LogP contribution in [0, 0.1) is 19.7 Å². The Morgan fingerprint density at radius 3 is 2.39 bits per heavy atom. The van der Waals surface area contributed by atoms with Crippen molar-refractivity contribution < 1.29 is 9.13 Å². The van der Waals surface area contributed by atoms with Crippen LogP contribution in [0.2, 0.25) is 0 Å². The highest BCUT2D eigenvalue weighted by Crippen LogP contribution is 2.32. The van der Waals surface area contributed by atoms with Gasteiger partial charge in [0.2, 0.25) is 0 Å². The fourth-order valence-electron chi connectivity index (χ4n) is 1.70. The van der Waals surface area contributed by atoms with Gasteiger partial charge in [0.15, 0.2) is 5.75 Å². The molecule has 0 saturated heterocycles. The van der Waals surface area contributed by atoms with Gasteiger partial charge in [0.1, 0.15) is 17.3 Å². The largest absolute Gasteiger partial charge is 0.455 e. The molecule has 0 aliphatic heterocycles. The first kappa shape index (κ1) is 12.9. The van der Waals surface area contributed by atoms with Crippen molar-refractivity contribution in [2.24, 2.45) is 0 Å². The molecule has 0 aliphatic carbocycles. The number of nitrogen functional groups attached to an aromatic ring is 1. The minimum absolute atomic E-state index is 0.0238. The van der Waals surface area contributed by atoms with E-state index in [0.29, 0.717) is 11.5 Å². The van der Waals surface area contributed by atoms with Crippen LogP contribution >= 0.6 is 15.9 Å². The van der Waals surface area contributed by atoms with E-state index in [0.717, 1.165) is 15.6 Å². The molecule has 0 unspecified atom stereocenters. The summed E-state index contributed by atoms with van der Waals surface area (Å²) in [4.78, 5) is 0. The SMILES string of the molecule is Cc1cc(Oc2cccc(F)c2N)cc(C)c1Br. The maximum Gasteiger partial charge on any atom is 0.153 e. The van der Waals surface area contributed by atoms with Crippen LogP contribution in [-0.2, 0) is 0 Å². The fourth-order valence-corrected chi connectivity index (χ4v) is 1.93. The van der Waals surface area contributed by atoms with Gasteiger partial charge in [0, 0.05) is 4.47 Å². The monoisotopic (exact) mass is 309 g/mol. The third kappa shape index (κ3) is 2.48. The van der Waals surface area contributed by atoms with Crippen LogP contribution < -0.4 is 10.5 Å². The molecule has 2 aromatic carbocycles. The Morgan fingerprint density at radius 1 is 1.17 bits per heavy atom. The van der Waals surface area contributed by atoms with Crippen molar-refractivity contribution in [1.82, 2.24) is 0 Å². The van der Waals surface area contributed by atoms with Crippen molar-refractivity contribution in [2.45, 2.75) is 13.8 Å². The summed E-state index contributed by atoms with van der Waals surface area (Å²) in [6, 6.07) is 8.27. The van der Waals surface area contributed by atoms with E-state index in [1.807, 2.05) is 26.0 Å². The van der Waals surface area contributed by atoms with Gasteiger partial charge in [-0.2, -0.15) is 0 Å². The number of hydrogen-bond donors (Lipinski definition) is 1. The lowest BCUT2D eigenvalue weighted by molar-refractivity contribution is 0.479. The molecule has 0 bridgehead atoms.